The summed E-state index contributed by atoms with van der Waals surface area (Å²) >= 11 is 0. The van der Waals surface area contributed by atoms with Gasteiger partial charge in [-0.25, -0.2) is 13.1 Å². The van der Waals surface area contributed by atoms with Gasteiger partial charge >= 0.3 is 0 Å². The van der Waals surface area contributed by atoms with Crippen LogP contribution in [0.3, 0.4) is 0 Å². The molecule has 1 aromatic heterocycles. The van der Waals surface area contributed by atoms with E-state index < -0.39 is 10.0 Å². The topological polar surface area (TPSA) is 79.0 Å². The van der Waals surface area contributed by atoms with Gasteiger partial charge < -0.3 is 4.98 Å². The number of ketones is 1. The molecule has 1 aromatic carbocycles. The Balaban J connectivity index is 1.88. The van der Waals surface area contributed by atoms with E-state index in [1.807, 2.05) is 6.07 Å². The molecule has 0 aliphatic heterocycles. The average Bonchev–Trinajstić information content (AvgIpc) is 3.16. The number of hydrogen-bond acceptors (Lipinski definition) is 3. The molecule has 0 amide bonds. The van der Waals surface area contributed by atoms with Gasteiger partial charge in [-0.1, -0.05) is 0 Å². The Bertz CT molecular complexity index is 892. The highest BCUT2D eigenvalue weighted by Crippen LogP contribution is 2.32. The van der Waals surface area contributed by atoms with Crippen LogP contribution in [0.25, 0.3) is 10.9 Å². The van der Waals surface area contributed by atoms with E-state index in [0.717, 1.165) is 47.8 Å². The molecule has 2 aromatic rings. The van der Waals surface area contributed by atoms with Gasteiger partial charge in [0.1, 0.15) is 0 Å². The van der Waals surface area contributed by atoms with Gasteiger partial charge in [-0.2, -0.15) is 0 Å². The summed E-state index contributed by atoms with van der Waals surface area (Å²) in [6.45, 7) is 1.79. The molecule has 2 aliphatic carbocycles. The summed E-state index contributed by atoms with van der Waals surface area (Å²) < 4.78 is 27.6. The van der Waals surface area contributed by atoms with Crippen LogP contribution in [-0.2, 0) is 16.4 Å². The molecule has 22 heavy (non-hydrogen) atoms. The Kier molecular flexibility index (Phi) is 2.96. The second kappa shape index (κ2) is 4.67. The highest BCUT2D eigenvalue weighted by molar-refractivity contribution is 7.89. The first-order chi connectivity index (χ1) is 10.5. The van der Waals surface area contributed by atoms with E-state index >= 15 is 0 Å². The number of carbonyl (C=O) groups is 1. The summed E-state index contributed by atoms with van der Waals surface area (Å²) in [6.07, 6.45) is 4.09. The van der Waals surface area contributed by atoms with Crippen LogP contribution >= 0.6 is 0 Å². The third-order valence-electron chi connectivity index (χ3n) is 4.47. The number of rotatable bonds is 3. The largest absolute Gasteiger partial charge is 0.358 e. The van der Waals surface area contributed by atoms with E-state index in [2.05, 4.69) is 9.71 Å². The predicted octanol–water partition coefficient (Wildman–Crippen LogP) is 2.44. The van der Waals surface area contributed by atoms with Gasteiger partial charge in [-0.05, 0) is 50.3 Å². The number of Topliss-reactive ketones (excluding diaryl/α,β-unsaturated/α-hetero) is 1. The molecule has 0 bridgehead atoms. The lowest BCUT2D eigenvalue weighted by Gasteiger charge is -2.10. The first-order valence-electron chi connectivity index (χ1n) is 7.66. The minimum absolute atomic E-state index is 0.0820. The van der Waals surface area contributed by atoms with Crippen LogP contribution in [0.2, 0.25) is 0 Å². The third kappa shape index (κ3) is 2.18. The summed E-state index contributed by atoms with van der Waals surface area (Å²) in [6, 6.07) is 3.58. The normalized spacial score (nSPS) is 18.7. The van der Waals surface area contributed by atoms with Crippen LogP contribution in [0.4, 0.5) is 0 Å². The van der Waals surface area contributed by atoms with Gasteiger partial charge in [-0.3, -0.25) is 4.79 Å². The van der Waals surface area contributed by atoms with E-state index in [4.69, 9.17) is 0 Å². The minimum Gasteiger partial charge on any atom is -0.358 e. The van der Waals surface area contributed by atoms with Gasteiger partial charge in [0, 0.05) is 34.6 Å². The van der Waals surface area contributed by atoms with Gasteiger partial charge in [0.2, 0.25) is 10.0 Å². The van der Waals surface area contributed by atoms with Crippen molar-refractivity contribution in [2.75, 3.05) is 0 Å². The van der Waals surface area contributed by atoms with Crippen molar-refractivity contribution in [1.29, 1.82) is 0 Å². The van der Waals surface area contributed by atoms with Crippen LogP contribution in [0.1, 0.15) is 47.3 Å². The zero-order valence-electron chi connectivity index (χ0n) is 12.4. The zero-order valence-corrected chi connectivity index (χ0v) is 13.2. The van der Waals surface area contributed by atoms with Gasteiger partial charge in [0.25, 0.3) is 0 Å². The van der Waals surface area contributed by atoms with Crippen LogP contribution in [0.5, 0.6) is 0 Å². The Morgan fingerprint density at radius 1 is 1.23 bits per heavy atom. The minimum atomic E-state index is -3.49. The molecule has 1 fully saturated rings. The summed E-state index contributed by atoms with van der Waals surface area (Å²) in [4.78, 5) is 15.7. The maximum Gasteiger partial charge on any atom is 0.241 e. The van der Waals surface area contributed by atoms with Crippen molar-refractivity contribution >= 4 is 26.7 Å². The molecule has 0 unspecified atom stereocenters. The molecular weight excluding hydrogens is 300 g/mol. The number of nitrogens with one attached hydrogen (secondary N) is 2. The number of fused-ring (bicyclic) bond motifs is 3. The molecule has 2 aliphatic rings. The molecule has 0 atom stereocenters. The smallest absolute Gasteiger partial charge is 0.241 e. The Hall–Kier alpha value is -1.66. The van der Waals surface area contributed by atoms with Crippen molar-refractivity contribution < 1.29 is 13.2 Å². The highest BCUT2D eigenvalue weighted by atomic mass is 32.2. The van der Waals surface area contributed by atoms with Crippen molar-refractivity contribution in [1.82, 2.24) is 9.71 Å². The number of H-pyrrole nitrogens is 1. The molecule has 1 saturated carbocycles. The van der Waals surface area contributed by atoms with Gasteiger partial charge in [-0.15, -0.1) is 0 Å². The molecule has 6 heteroatoms. The second-order valence-electron chi connectivity index (χ2n) is 6.31. The first-order valence-corrected chi connectivity index (χ1v) is 9.15. The SMILES string of the molecule is Cc1cc2c3c([nH]c2cc1S(=O)(=O)NC1CC1)CCCC3=O. The van der Waals surface area contributed by atoms with Crippen molar-refractivity contribution in [2.45, 2.75) is 50.0 Å². The van der Waals surface area contributed by atoms with E-state index in [1.54, 1.807) is 13.0 Å². The number of aromatic amines is 1. The number of carbonyl (C=O) groups excluding carboxylic acids is 1. The van der Waals surface area contributed by atoms with Gasteiger partial charge in [0.05, 0.1) is 4.90 Å². The average molecular weight is 318 g/mol. The third-order valence-corrected chi connectivity index (χ3v) is 6.13. The lowest BCUT2D eigenvalue weighted by molar-refractivity contribution is 0.0974. The van der Waals surface area contributed by atoms with E-state index in [0.29, 0.717) is 16.9 Å². The van der Waals surface area contributed by atoms with Crippen molar-refractivity contribution in [3.8, 4) is 0 Å². The predicted molar refractivity (Wildman–Crippen MR) is 83.6 cm³/mol. The first kappa shape index (κ1) is 14.0. The van der Waals surface area contributed by atoms with Crippen LogP contribution < -0.4 is 4.72 Å². The second-order valence-corrected chi connectivity index (χ2v) is 8.00. The molecule has 2 N–H and O–H groups in total. The van der Waals surface area contributed by atoms with Crippen LogP contribution in [0, 0.1) is 6.92 Å². The molecule has 4 rings (SSSR count). The van der Waals surface area contributed by atoms with Crippen LogP contribution in [0.15, 0.2) is 17.0 Å². The van der Waals surface area contributed by atoms with Crippen LogP contribution in [-0.4, -0.2) is 25.2 Å². The monoisotopic (exact) mass is 318 g/mol. The van der Waals surface area contributed by atoms with Crippen molar-refractivity contribution in [3.05, 3.63) is 29.0 Å². The van der Waals surface area contributed by atoms with Crippen molar-refractivity contribution in [3.63, 3.8) is 0 Å². The van der Waals surface area contributed by atoms with E-state index in [9.17, 15) is 13.2 Å². The number of aromatic nitrogens is 1. The lowest BCUT2D eigenvalue weighted by Crippen LogP contribution is -2.26. The molecule has 0 radical (unpaired) electrons. The fourth-order valence-electron chi connectivity index (χ4n) is 3.22. The summed E-state index contributed by atoms with van der Waals surface area (Å²) in [5, 5.41) is 0.850. The Morgan fingerprint density at radius 2 is 2.00 bits per heavy atom. The highest BCUT2D eigenvalue weighted by Gasteiger charge is 2.30. The quantitative estimate of drug-likeness (QED) is 0.912. The molecule has 1 heterocycles. The molecule has 0 spiro atoms. The lowest BCUT2D eigenvalue weighted by atomic mass is 9.94. The number of benzene rings is 1. The van der Waals surface area contributed by atoms with Crippen molar-refractivity contribution in [2.24, 2.45) is 0 Å². The standard InChI is InChI=1S/C16H18N2O3S/c1-9-7-11-13(17-12-3-2-4-14(19)16(11)12)8-15(9)22(20,21)18-10-5-6-10/h7-8,10,17-18H,2-6H2,1H3. The zero-order chi connectivity index (χ0) is 15.5. The summed E-state index contributed by atoms with van der Waals surface area (Å²) in [7, 11) is -3.49. The number of aryl methyl sites for hydroxylation is 2. The fraction of sp³-hybridized carbons (Fsp3) is 0.438. The maximum absolute atomic E-state index is 12.5. The molecular formula is C16H18N2O3S. The molecule has 0 saturated heterocycles. The Labute approximate surface area is 129 Å². The molecule has 5 nitrogen and oxygen atoms in total. The summed E-state index contributed by atoms with van der Waals surface area (Å²) in [5.41, 5.74) is 3.11. The molecule has 116 valence electrons. The van der Waals surface area contributed by atoms with E-state index in [1.165, 1.54) is 0 Å². The van der Waals surface area contributed by atoms with E-state index in [-0.39, 0.29) is 11.8 Å². The summed E-state index contributed by atoms with van der Waals surface area (Å²) in [5.74, 6) is 0.151. The van der Waals surface area contributed by atoms with Gasteiger partial charge in [0.15, 0.2) is 5.78 Å². The maximum atomic E-state index is 12.5. The Morgan fingerprint density at radius 3 is 2.73 bits per heavy atom. The number of hydrogen-bond donors (Lipinski definition) is 2. The number of sulfonamides is 1. The fourth-order valence-corrected chi connectivity index (χ4v) is 4.77.